The van der Waals surface area contributed by atoms with Crippen molar-refractivity contribution in [2.24, 2.45) is 0 Å². The first-order valence-electron chi connectivity index (χ1n) is 8.24. The lowest BCUT2D eigenvalue weighted by atomic mass is 9.99. The first kappa shape index (κ1) is 21.6. The van der Waals surface area contributed by atoms with Crippen LogP contribution in [0.2, 0.25) is 24.2 Å². The molecule has 1 heterocycles. The monoisotopic (exact) mass is 394 g/mol. The zero-order valence-corrected chi connectivity index (χ0v) is 16.8. The van der Waals surface area contributed by atoms with Crippen LogP contribution in [0, 0.1) is 0 Å². The van der Waals surface area contributed by atoms with Crippen molar-refractivity contribution in [3.63, 3.8) is 0 Å². The van der Waals surface area contributed by atoms with Crippen LogP contribution in [0.3, 0.4) is 0 Å². The second kappa shape index (κ2) is 8.28. The third-order valence-corrected chi connectivity index (χ3v) is 11.9. The topological polar surface area (TPSA) is 130 Å². The van der Waals surface area contributed by atoms with Crippen LogP contribution in [-0.4, -0.2) is 62.3 Å². The molecule has 1 aliphatic rings. The van der Waals surface area contributed by atoms with E-state index in [1.807, 2.05) is 0 Å². The molecule has 0 aromatic carbocycles. The van der Waals surface area contributed by atoms with Gasteiger partial charge in [-0.1, -0.05) is 38.9 Å². The zero-order chi connectivity index (χ0) is 19.4. The number of hydrogen-bond acceptors (Lipinski definition) is 6. The van der Waals surface area contributed by atoms with Crippen LogP contribution < -0.4 is 5.32 Å². The van der Waals surface area contributed by atoms with E-state index >= 15 is 0 Å². The van der Waals surface area contributed by atoms with E-state index in [0.717, 1.165) is 31.3 Å². The average molecular weight is 395 g/mol. The van der Waals surface area contributed by atoms with Crippen molar-refractivity contribution in [2.45, 2.75) is 63.5 Å². The SMILES string of the molecule is CC[Si](CC)(CC)CCC(=O)N[C@H]1C(=O)N(S(=O)(=O)O)[C@H]1C(=O)OC. The molecule has 0 aromatic rings. The summed E-state index contributed by atoms with van der Waals surface area (Å²) in [5.41, 5.74) is 0. The number of nitrogens with zero attached hydrogens (tertiary/aromatic N) is 1. The Labute approximate surface area is 149 Å². The minimum absolute atomic E-state index is 0.0208. The third-order valence-electron chi connectivity index (χ3n) is 5.19. The summed E-state index contributed by atoms with van der Waals surface area (Å²) in [6, 6.07) is 0.990. The number of β-lactam (4-membered cyclic amide) rings is 1. The van der Waals surface area contributed by atoms with Gasteiger partial charge in [-0.25, -0.2) is 4.79 Å². The van der Waals surface area contributed by atoms with E-state index in [2.05, 4.69) is 30.8 Å². The van der Waals surface area contributed by atoms with E-state index in [9.17, 15) is 22.8 Å². The van der Waals surface area contributed by atoms with Gasteiger partial charge in [0.25, 0.3) is 5.91 Å². The van der Waals surface area contributed by atoms with E-state index in [1.165, 1.54) is 0 Å². The number of esters is 1. The minimum Gasteiger partial charge on any atom is -0.467 e. The summed E-state index contributed by atoms with van der Waals surface area (Å²) < 4.78 is 35.9. The molecule has 0 saturated carbocycles. The maximum absolute atomic E-state index is 12.2. The fraction of sp³-hybridized carbons (Fsp3) is 0.786. The molecular formula is C14H26N2O7SSi. The second-order valence-corrected chi connectivity index (χ2v) is 13.1. The Morgan fingerprint density at radius 2 is 1.76 bits per heavy atom. The Morgan fingerprint density at radius 1 is 1.24 bits per heavy atom. The molecule has 11 heteroatoms. The first-order valence-corrected chi connectivity index (χ1v) is 12.5. The Kier molecular flexibility index (Phi) is 7.14. The van der Waals surface area contributed by atoms with Gasteiger partial charge in [-0.15, -0.1) is 0 Å². The highest BCUT2D eigenvalue weighted by Gasteiger charge is 2.58. The Bertz CT molecular complexity index is 625. The molecule has 2 N–H and O–H groups in total. The molecule has 1 saturated heterocycles. The van der Waals surface area contributed by atoms with Gasteiger partial charge >= 0.3 is 16.3 Å². The zero-order valence-electron chi connectivity index (χ0n) is 14.9. The van der Waals surface area contributed by atoms with Crippen molar-refractivity contribution in [3.8, 4) is 0 Å². The van der Waals surface area contributed by atoms with Crippen LogP contribution in [0.1, 0.15) is 27.2 Å². The molecule has 0 radical (unpaired) electrons. The molecule has 0 spiro atoms. The van der Waals surface area contributed by atoms with Crippen molar-refractivity contribution in [2.75, 3.05) is 7.11 Å². The molecule has 1 fully saturated rings. The molecule has 0 aliphatic carbocycles. The predicted molar refractivity (Wildman–Crippen MR) is 92.8 cm³/mol. The van der Waals surface area contributed by atoms with Crippen LogP contribution in [0.15, 0.2) is 0 Å². The summed E-state index contributed by atoms with van der Waals surface area (Å²) in [5.74, 6) is -2.51. The second-order valence-electron chi connectivity index (χ2n) is 6.19. The molecule has 25 heavy (non-hydrogen) atoms. The summed E-state index contributed by atoms with van der Waals surface area (Å²) in [6.45, 7) is 6.34. The van der Waals surface area contributed by atoms with Gasteiger partial charge < -0.3 is 10.1 Å². The maximum Gasteiger partial charge on any atom is 0.363 e. The number of amides is 2. The van der Waals surface area contributed by atoms with Gasteiger partial charge in [0.1, 0.15) is 6.04 Å². The van der Waals surface area contributed by atoms with E-state index < -0.39 is 48.2 Å². The van der Waals surface area contributed by atoms with E-state index in [1.54, 1.807) is 0 Å². The summed E-state index contributed by atoms with van der Waals surface area (Å²) >= 11 is 0. The molecule has 2 amide bonds. The number of rotatable bonds is 9. The van der Waals surface area contributed by atoms with Gasteiger partial charge in [-0.05, 0) is 6.04 Å². The Morgan fingerprint density at radius 3 is 2.16 bits per heavy atom. The van der Waals surface area contributed by atoms with Crippen LogP contribution in [0.25, 0.3) is 0 Å². The summed E-state index contributed by atoms with van der Waals surface area (Å²) in [4.78, 5) is 35.8. The Hall–Kier alpha value is -1.46. The van der Waals surface area contributed by atoms with Gasteiger partial charge in [-0.3, -0.25) is 14.1 Å². The number of carbonyl (C=O) groups is 3. The van der Waals surface area contributed by atoms with Crippen LogP contribution in [-0.2, 0) is 29.4 Å². The van der Waals surface area contributed by atoms with Crippen molar-refractivity contribution < 1.29 is 32.1 Å². The largest absolute Gasteiger partial charge is 0.467 e. The quantitative estimate of drug-likeness (QED) is 0.253. The minimum atomic E-state index is -4.90. The standard InChI is InChI=1S/C14H26N2O7SSi/c1-5-25(6-2,7-3)9-8-10(17)15-11-12(14(19)23-4)16(13(11)18)24(20,21)22/h11-12H,5-9H2,1-4H3,(H,15,17)(H,20,21,22)/t11-,12-/m1/s1. The van der Waals surface area contributed by atoms with E-state index in [-0.39, 0.29) is 10.7 Å². The van der Waals surface area contributed by atoms with Crippen LogP contribution >= 0.6 is 0 Å². The molecule has 9 nitrogen and oxygen atoms in total. The van der Waals surface area contributed by atoms with Gasteiger partial charge in [0, 0.05) is 6.42 Å². The van der Waals surface area contributed by atoms with Gasteiger partial charge in [0.2, 0.25) is 5.91 Å². The molecule has 1 rings (SSSR count). The Balaban J connectivity index is 2.79. The average Bonchev–Trinajstić information content (AvgIpc) is 2.57. The normalized spacial score (nSPS) is 20.8. The fourth-order valence-electron chi connectivity index (χ4n) is 3.12. The lowest BCUT2D eigenvalue weighted by Gasteiger charge is -2.42. The molecule has 1 aliphatic heterocycles. The number of nitrogens with one attached hydrogen (secondary N) is 1. The summed E-state index contributed by atoms with van der Waals surface area (Å²) in [6.07, 6.45) is 0.214. The number of methoxy groups -OCH3 is 1. The number of carbonyl (C=O) groups excluding carboxylic acids is 3. The highest BCUT2D eigenvalue weighted by atomic mass is 32.2. The van der Waals surface area contributed by atoms with Gasteiger partial charge in [0.05, 0.1) is 15.2 Å². The van der Waals surface area contributed by atoms with Crippen molar-refractivity contribution in [1.82, 2.24) is 9.62 Å². The van der Waals surface area contributed by atoms with E-state index in [4.69, 9.17) is 4.55 Å². The third kappa shape index (κ3) is 4.58. The lowest BCUT2D eigenvalue weighted by Crippen LogP contribution is -2.74. The molecule has 144 valence electrons. The molecular weight excluding hydrogens is 368 g/mol. The molecule has 0 aromatic heterocycles. The first-order chi connectivity index (χ1) is 11.6. The highest BCUT2D eigenvalue weighted by molar-refractivity contribution is 7.84. The van der Waals surface area contributed by atoms with Crippen LogP contribution in [0.5, 0.6) is 0 Å². The van der Waals surface area contributed by atoms with Crippen LogP contribution in [0.4, 0.5) is 0 Å². The van der Waals surface area contributed by atoms with Crippen molar-refractivity contribution in [3.05, 3.63) is 0 Å². The summed E-state index contributed by atoms with van der Waals surface area (Å²) in [7, 11) is -5.39. The van der Waals surface area contributed by atoms with Gasteiger partial charge in [0.15, 0.2) is 6.04 Å². The molecule has 0 bridgehead atoms. The fourth-order valence-corrected chi connectivity index (χ4v) is 7.27. The van der Waals surface area contributed by atoms with Crippen molar-refractivity contribution >= 4 is 36.2 Å². The van der Waals surface area contributed by atoms with E-state index in [0.29, 0.717) is 0 Å². The predicted octanol–water partition coefficient (Wildman–Crippen LogP) is 0.556. The number of ether oxygens (including phenoxy) is 1. The maximum atomic E-state index is 12.2. The lowest BCUT2D eigenvalue weighted by molar-refractivity contribution is -0.162. The number of hydrogen-bond donors (Lipinski definition) is 2. The summed E-state index contributed by atoms with van der Waals surface area (Å²) in [5, 5.41) is 2.39. The highest BCUT2D eigenvalue weighted by Crippen LogP contribution is 2.28. The molecule has 2 atom stereocenters. The van der Waals surface area contributed by atoms with Crippen molar-refractivity contribution in [1.29, 1.82) is 0 Å². The smallest absolute Gasteiger partial charge is 0.363 e. The van der Waals surface area contributed by atoms with Gasteiger partial charge in [-0.2, -0.15) is 12.7 Å². The molecule has 0 unspecified atom stereocenters.